The molecule has 7 aliphatic rings. The number of ether oxygens (including phenoxy) is 2. The number of epoxide rings is 1. The molecule has 6 nitrogen and oxygen atoms in total. The van der Waals surface area contributed by atoms with Gasteiger partial charge in [-0.25, -0.2) is 0 Å². The number of rotatable bonds is 0. The summed E-state index contributed by atoms with van der Waals surface area (Å²) < 4.78 is 12.0. The molecule has 0 aromatic carbocycles. The lowest BCUT2D eigenvalue weighted by Crippen LogP contribution is -2.84. The van der Waals surface area contributed by atoms with Gasteiger partial charge in [-0.2, -0.15) is 0 Å². The van der Waals surface area contributed by atoms with Crippen molar-refractivity contribution in [2.24, 2.45) is 34.0 Å². The van der Waals surface area contributed by atoms with E-state index in [1.54, 1.807) is 0 Å². The summed E-state index contributed by atoms with van der Waals surface area (Å²) >= 11 is 0. The van der Waals surface area contributed by atoms with Crippen molar-refractivity contribution in [1.82, 2.24) is 0 Å². The van der Waals surface area contributed by atoms with Crippen LogP contribution in [-0.2, 0) is 14.3 Å². The highest BCUT2D eigenvalue weighted by Gasteiger charge is 2.89. The molecule has 142 valence electrons. The molecular formula is C20H26O6. The van der Waals surface area contributed by atoms with E-state index >= 15 is 0 Å². The summed E-state index contributed by atoms with van der Waals surface area (Å²) in [5.41, 5.74) is -1.96. The van der Waals surface area contributed by atoms with Gasteiger partial charge in [0.15, 0.2) is 5.78 Å². The molecular weight excluding hydrogens is 336 g/mol. The fourth-order valence-corrected chi connectivity index (χ4v) is 8.30. The van der Waals surface area contributed by atoms with Crippen molar-refractivity contribution in [1.29, 1.82) is 0 Å². The highest BCUT2D eigenvalue weighted by molar-refractivity contribution is 6.05. The monoisotopic (exact) mass is 362 g/mol. The quantitative estimate of drug-likeness (QED) is 0.426. The molecule has 2 spiro atoms. The van der Waals surface area contributed by atoms with Crippen LogP contribution in [0.2, 0.25) is 0 Å². The average Bonchev–Trinajstić information content (AvgIpc) is 3.32. The Balaban J connectivity index is 1.65. The topological polar surface area (TPSA) is 99.5 Å². The largest absolute Gasteiger partial charge is 0.391 e. The standard InChI is InChI=1S/C20H26O6/c1-8-9-4-5-11-18-7-25-20(24,19(11,13(8)21)14(9)22)15(23)12(18)17(2,3)6-10-16(18)26-10/h9-12,14-16,22-24H,1,4-7H2,2-3H3/t9-,10+,11-,12+,14+,15-,16+,18-,19-,20+/m0/s1. The third-order valence-electron chi connectivity index (χ3n) is 9.04. The SMILES string of the molecule is C=C1C(=O)[C@]23[C@H](O)[C@H]1CC[C@H]2[C@@]12CO[C@]3(O)[C@@H](O)[C@@H]1C(C)(C)C[C@H]1O[C@H]12. The second-order valence-corrected chi connectivity index (χ2v) is 10.2. The maximum absolute atomic E-state index is 13.4. The number of fused-ring (bicyclic) bond motifs is 3. The Kier molecular flexibility index (Phi) is 2.57. The van der Waals surface area contributed by atoms with Gasteiger partial charge in [0.2, 0.25) is 5.79 Å². The van der Waals surface area contributed by atoms with Crippen LogP contribution in [0, 0.1) is 34.0 Å². The number of aliphatic hydroxyl groups is 3. The van der Waals surface area contributed by atoms with Gasteiger partial charge in [0.1, 0.15) is 11.5 Å². The molecule has 4 saturated carbocycles. The minimum atomic E-state index is -2.07. The summed E-state index contributed by atoms with van der Waals surface area (Å²) in [5.74, 6) is -3.26. The van der Waals surface area contributed by atoms with Crippen LogP contribution >= 0.6 is 0 Å². The summed E-state index contributed by atoms with van der Waals surface area (Å²) in [7, 11) is 0. The Morgan fingerprint density at radius 1 is 1.19 bits per heavy atom. The Morgan fingerprint density at radius 2 is 1.92 bits per heavy atom. The minimum Gasteiger partial charge on any atom is -0.391 e. The summed E-state index contributed by atoms with van der Waals surface area (Å²) in [6.45, 7) is 8.40. The van der Waals surface area contributed by atoms with Gasteiger partial charge in [0.25, 0.3) is 0 Å². The smallest absolute Gasteiger partial charge is 0.208 e. The fourth-order valence-electron chi connectivity index (χ4n) is 8.30. The van der Waals surface area contributed by atoms with Crippen LogP contribution in [0.25, 0.3) is 0 Å². The molecule has 3 aliphatic heterocycles. The van der Waals surface area contributed by atoms with Crippen LogP contribution < -0.4 is 0 Å². The molecule has 26 heavy (non-hydrogen) atoms. The third-order valence-corrected chi connectivity index (χ3v) is 9.04. The van der Waals surface area contributed by atoms with Crippen molar-refractivity contribution in [3.63, 3.8) is 0 Å². The van der Waals surface area contributed by atoms with Crippen molar-refractivity contribution in [2.75, 3.05) is 6.61 Å². The minimum absolute atomic E-state index is 0.0766. The number of carbonyl (C=O) groups excluding carboxylic acids is 1. The Morgan fingerprint density at radius 3 is 2.65 bits per heavy atom. The Labute approximate surface area is 152 Å². The number of aliphatic hydroxyl groups excluding tert-OH is 2. The normalized spacial score (nSPS) is 64.0. The Bertz CT molecular complexity index is 761. The zero-order valence-electron chi connectivity index (χ0n) is 15.1. The van der Waals surface area contributed by atoms with E-state index in [9.17, 15) is 20.1 Å². The number of hydrogen-bond donors (Lipinski definition) is 3. The van der Waals surface area contributed by atoms with Gasteiger partial charge in [0, 0.05) is 17.3 Å². The van der Waals surface area contributed by atoms with Crippen LogP contribution in [0.5, 0.6) is 0 Å². The van der Waals surface area contributed by atoms with Gasteiger partial charge in [-0.1, -0.05) is 20.4 Å². The van der Waals surface area contributed by atoms with Crippen LogP contribution in [0.15, 0.2) is 12.2 Å². The predicted molar refractivity (Wildman–Crippen MR) is 88.7 cm³/mol. The molecule has 3 heterocycles. The first-order chi connectivity index (χ1) is 12.1. The lowest BCUT2D eigenvalue weighted by atomic mass is 9.36. The van der Waals surface area contributed by atoms with E-state index in [1.165, 1.54) is 0 Å². The summed E-state index contributed by atoms with van der Waals surface area (Å²) in [4.78, 5) is 13.4. The molecule has 4 bridgehead atoms. The molecule has 3 N–H and O–H groups in total. The lowest BCUT2D eigenvalue weighted by molar-refractivity contribution is -0.447. The molecule has 0 unspecified atom stereocenters. The summed E-state index contributed by atoms with van der Waals surface area (Å²) in [6, 6.07) is 0. The van der Waals surface area contributed by atoms with Crippen LogP contribution in [0.1, 0.15) is 33.1 Å². The van der Waals surface area contributed by atoms with Crippen molar-refractivity contribution in [3.8, 4) is 0 Å². The van der Waals surface area contributed by atoms with Crippen molar-refractivity contribution < 1.29 is 29.6 Å². The van der Waals surface area contributed by atoms with Gasteiger partial charge in [-0.3, -0.25) is 4.79 Å². The van der Waals surface area contributed by atoms with Crippen molar-refractivity contribution in [3.05, 3.63) is 12.2 Å². The molecule has 0 radical (unpaired) electrons. The average molecular weight is 362 g/mol. The van der Waals surface area contributed by atoms with Gasteiger partial charge >= 0.3 is 0 Å². The van der Waals surface area contributed by atoms with E-state index in [1.807, 2.05) is 0 Å². The number of carbonyl (C=O) groups is 1. The zero-order valence-corrected chi connectivity index (χ0v) is 15.1. The lowest BCUT2D eigenvalue weighted by Gasteiger charge is -2.73. The maximum Gasteiger partial charge on any atom is 0.208 e. The number of Topliss-reactive ketones (excluding diaryl/α,β-unsaturated/α-hetero) is 1. The van der Waals surface area contributed by atoms with E-state index in [-0.39, 0.29) is 47.8 Å². The van der Waals surface area contributed by atoms with E-state index in [0.717, 1.165) is 6.42 Å². The van der Waals surface area contributed by atoms with E-state index in [2.05, 4.69) is 20.4 Å². The molecule has 0 aromatic heterocycles. The zero-order chi connectivity index (χ0) is 18.4. The van der Waals surface area contributed by atoms with Crippen LogP contribution in [0.3, 0.4) is 0 Å². The van der Waals surface area contributed by atoms with Gasteiger partial charge in [0.05, 0.1) is 24.9 Å². The Hall–Kier alpha value is -0.790. The van der Waals surface area contributed by atoms with Gasteiger partial charge < -0.3 is 24.8 Å². The third kappa shape index (κ3) is 1.26. The highest BCUT2D eigenvalue weighted by atomic mass is 16.7. The molecule has 0 aromatic rings. The molecule has 7 fully saturated rings. The van der Waals surface area contributed by atoms with E-state index < -0.39 is 28.8 Å². The second-order valence-electron chi connectivity index (χ2n) is 10.2. The first kappa shape index (κ1) is 16.2. The van der Waals surface area contributed by atoms with E-state index in [0.29, 0.717) is 18.4 Å². The van der Waals surface area contributed by atoms with Crippen molar-refractivity contribution in [2.45, 2.75) is 63.3 Å². The molecule has 6 heteroatoms. The maximum atomic E-state index is 13.4. The van der Waals surface area contributed by atoms with Crippen LogP contribution in [-0.4, -0.2) is 57.9 Å². The first-order valence-electron chi connectivity index (χ1n) is 9.75. The molecule has 3 saturated heterocycles. The molecule has 4 aliphatic carbocycles. The molecule has 10 atom stereocenters. The second kappa shape index (κ2) is 4.13. The van der Waals surface area contributed by atoms with Crippen LogP contribution in [0.4, 0.5) is 0 Å². The predicted octanol–water partition coefficient (Wildman–Crippen LogP) is 0.392. The molecule has 0 amide bonds. The van der Waals surface area contributed by atoms with Gasteiger partial charge in [-0.05, 0) is 36.2 Å². The first-order valence-corrected chi connectivity index (χ1v) is 9.75. The van der Waals surface area contributed by atoms with Gasteiger partial charge in [-0.15, -0.1) is 0 Å². The molecule has 7 rings (SSSR count). The summed E-state index contributed by atoms with van der Waals surface area (Å²) in [6.07, 6.45) is -0.0684. The van der Waals surface area contributed by atoms with Crippen molar-refractivity contribution >= 4 is 5.78 Å². The number of hydrogen-bond acceptors (Lipinski definition) is 6. The van der Waals surface area contributed by atoms with E-state index in [4.69, 9.17) is 9.47 Å². The highest BCUT2D eigenvalue weighted by Crippen LogP contribution is 2.78. The summed E-state index contributed by atoms with van der Waals surface area (Å²) in [5, 5.41) is 34.2. The fraction of sp³-hybridized carbons (Fsp3) is 0.850. The number of ketones is 1.